The van der Waals surface area contributed by atoms with E-state index in [1.165, 1.54) is 9.88 Å². The Balaban J connectivity index is 1.79. The maximum absolute atomic E-state index is 4.63. The SMILES string of the molecule is CN=C(NCc1csc(C(C)C)n1)NCC(C)c1cccs1. The second-order valence-electron chi connectivity index (χ2n) is 5.55. The van der Waals surface area contributed by atoms with Crippen LogP contribution < -0.4 is 10.6 Å². The summed E-state index contributed by atoms with van der Waals surface area (Å²) in [7, 11) is 1.80. The average molecular weight is 337 g/mol. The predicted molar refractivity (Wildman–Crippen MR) is 97.1 cm³/mol. The van der Waals surface area contributed by atoms with Gasteiger partial charge in [0.15, 0.2) is 5.96 Å². The third-order valence-electron chi connectivity index (χ3n) is 3.33. The topological polar surface area (TPSA) is 49.3 Å². The molecule has 0 aromatic carbocycles. The summed E-state index contributed by atoms with van der Waals surface area (Å²) in [6, 6.07) is 4.27. The molecule has 4 nitrogen and oxygen atoms in total. The van der Waals surface area contributed by atoms with Crippen molar-refractivity contribution in [3.63, 3.8) is 0 Å². The van der Waals surface area contributed by atoms with Crippen LogP contribution in [0.15, 0.2) is 27.9 Å². The molecule has 2 heterocycles. The molecular formula is C16H24N4S2. The molecule has 0 aliphatic carbocycles. The van der Waals surface area contributed by atoms with Crippen LogP contribution in [0.25, 0.3) is 0 Å². The first kappa shape index (κ1) is 17.0. The van der Waals surface area contributed by atoms with E-state index in [4.69, 9.17) is 0 Å². The van der Waals surface area contributed by atoms with Gasteiger partial charge in [-0.3, -0.25) is 4.99 Å². The maximum Gasteiger partial charge on any atom is 0.191 e. The highest BCUT2D eigenvalue weighted by atomic mass is 32.1. The summed E-state index contributed by atoms with van der Waals surface area (Å²) >= 11 is 3.52. The van der Waals surface area contributed by atoms with E-state index in [0.717, 1.165) is 18.2 Å². The van der Waals surface area contributed by atoms with Gasteiger partial charge in [-0.05, 0) is 11.4 Å². The van der Waals surface area contributed by atoms with E-state index in [1.54, 1.807) is 29.7 Å². The van der Waals surface area contributed by atoms with Gasteiger partial charge >= 0.3 is 0 Å². The fourth-order valence-electron chi connectivity index (χ4n) is 1.99. The predicted octanol–water partition coefficient (Wildman–Crippen LogP) is 3.80. The van der Waals surface area contributed by atoms with E-state index in [9.17, 15) is 0 Å². The second-order valence-corrected chi connectivity index (χ2v) is 7.42. The minimum Gasteiger partial charge on any atom is -0.356 e. The van der Waals surface area contributed by atoms with Crippen molar-refractivity contribution in [3.05, 3.63) is 38.5 Å². The number of aliphatic imine (C=N–C) groups is 1. The van der Waals surface area contributed by atoms with Crippen LogP contribution in [0.1, 0.15) is 48.2 Å². The molecule has 0 aliphatic rings. The Bertz CT molecular complexity index is 587. The molecule has 2 aromatic rings. The van der Waals surface area contributed by atoms with E-state index in [1.807, 2.05) is 0 Å². The number of guanidine groups is 1. The minimum atomic E-state index is 0.477. The molecule has 0 bridgehead atoms. The average Bonchev–Trinajstić information content (AvgIpc) is 3.18. The quantitative estimate of drug-likeness (QED) is 0.623. The molecule has 6 heteroatoms. The van der Waals surface area contributed by atoms with Crippen LogP contribution in [0.2, 0.25) is 0 Å². The number of aromatic nitrogens is 1. The summed E-state index contributed by atoms with van der Waals surface area (Å²) in [5.41, 5.74) is 1.07. The molecule has 2 aromatic heterocycles. The van der Waals surface area contributed by atoms with Gasteiger partial charge < -0.3 is 10.6 Å². The van der Waals surface area contributed by atoms with Crippen molar-refractivity contribution in [1.29, 1.82) is 0 Å². The van der Waals surface area contributed by atoms with Crippen LogP contribution in [0, 0.1) is 0 Å². The lowest BCUT2D eigenvalue weighted by Gasteiger charge is -2.14. The summed E-state index contributed by atoms with van der Waals surface area (Å²) in [6.45, 7) is 8.14. The molecule has 1 unspecified atom stereocenters. The summed E-state index contributed by atoms with van der Waals surface area (Å²) in [4.78, 5) is 10.3. The van der Waals surface area contributed by atoms with Crippen molar-refractivity contribution in [2.24, 2.45) is 4.99 Å². The Hall–Kier alpha value is -1.40. The molecule has 22 heavy (non-hydrogen) atoms. The smallest absolute Gasteiger partial charge is 0.191 e. The first-order valence-electron chi connectivity index (χ1n) is 7.52. The van der Waals surface area contributed by atoms with E-state index in [0.29, 0.717) is 18.4 Å². The first-order valence-corrected chi connectivity index (χ1v) is 9.28. The normalized spacial score (nSPS) is 13.4. The number of thiophene rings is 1. The number of rotatable bonds is 6. The Kier molecular flexibility index (Phi) is 6.39. The zero-order valence-electron chi connectivity index (χ0n) is 13.6. The number of nitrogens with one attached hydrogen (secondary N) is 2. The van der Waals surface area contributed by atoms with Crippen molar-refractivity contribution in [3.8, 4) is 0 Å². The summed E-state index contributed by atoms with van der Waals surface area (Å²) < 4.78 is 0. The van der Waals surface area contributed by atoms with E-state index >= 15 is 0 Å². The number of nitrogens with zero attached hydrogens (tertiary/aromatic N) is 2. The molecule has 1 atom stereocenters. The third-order valence-corrected chi connectivity index (χ3v) is 5.63. The van der Waals surface area contributed by atoms with Crippen molar-refractivity contribution in [2.75, 3.05) is 13.6 Å². The number of hydrogen-bond acceptors (Lipinski definition) is 4. The van der Waals surface area contributed by atoms with Gasteiger partial charge in [0, 0.05) is 35.7 Å². The summed E-state index contributed by atoms with van der Waals surface area (Å²) in [5.74, 6) is 1.79. The summed E-state index contributed by atoms with van der Waals surface area (Å²) in [6.07, 6.45) is 0. The first-order chi connectivity index (χ1) is 10.6. The maximum atomic E-state index is 4.63. The van der Waals surface area contributed by atoms with Crippen LogP contribution in [-0.2, 0) is 6.54 Å². The van der Waals surface area contributed by atoms with Crippen LogP contribution in [0.5, 0.6) is 0 Å². The number of thiazole rings is 1. The molecule has 0 amide bonds. The van der Waals surface area contributed by atoms with Crippen LogP contribution in [0.4, 0.5) is 0 Å². The molecule has 0 saturated carbocycles. The minimum absolute atomic E-state index is 0.477. The Morgan fingerprint density at radius 2 is 2.09 bits per heavy atom. The fourth-order valence-corrected chi connectivity index (χ4v) is 3.61. The molecule has 0 radical (unpaired) electrons. The van der Waals surface area contributed by atoms with Crippen molar-refractivity contribution in [1.82, 2.24) is 15.6 Å². The third kappa shape index (κ3) is 4.81. The van der Waals surface area contributed by atoms with Crippen molar-refractivity contribution >= 4 is 28.6 Å². The van der Waals surface area contributed by atoms with Gasteiger partial charge in [-0.1, -0.05) is 26.8 Å². The van der Waals surface area contributed by atoms with Crippen LogP contribution in [0.3, 0.4) is 0 Å². The lowest BCUT2D eigenvalue weighted by molar-refractivity contribution is 0.705. The summed E-state index contributed by atoms with van der Waals surface area (Å²) in [5, 5.41) is 12.1. The van der Waals surface area contributed by atoms with E-state index in [2.05, 4.69) is 64.3 Å². The van der Waals surface area contributed by atoms with Crippen LogP contribution >= 0.6 is 22.7 Å². The molecule has 0 spiro atoms. The standard InChI is InChI=1S/C16H24N4S2/c1-11(2)15-20-13(10-22-15)9-19-16(17-4)18-8-12(3)14-6-5-7-21-14/h5-7,10-12H,8-9H2,1-4H3,(H2,17,18,19). The second kappa shape index (κ2) is 8.29. The molecule has 2 rings (SSSR count). The van der Waals surface area contributed by atoms with E-state index in [-0.39, 0.29) is 0 Å². The zero-order valence-corrected chi connectivity index (χ0v) is 15.2. The van der Waals surface area contributed by atoms with Gasteiger partial charge in [-0.15, -0.1) is 22.7 Å². The molecule has 120 valence electrons. The lowest BCUT2D eigenvalue weighted by atomic mass is 10.1. The van der Waals surface area contributed by atoms with E-state index < -0.39 is 0 Å². The van der Waals surface area contributed by atoms with Gasteiger partial charge in [-0.2, -0.15) is 0 Å². The van der Waals surface area contributed by atoms with Crippen molar-refractivity contribution < 1.29 is 0 Å². The Labute approximate surface area is 140 Å². The Morgan fingerprint density at radius 3 is 2.68 bits per heavy atom. The van der Waals surface area contributed by atoms with Gasteiger partial charge in [0.05, 0.1) is 17.2 Å². The molecular weight excluding hydrogens is 312 g/mol. The lowest BCUT2D eigenvalue weighted by Crippen LogP contribution is -2.38. The van der Waals surface area contributed by atoms with Gasteiger partial charge in [0.2, 0.25) is 0 Å². The van der Waals surface area contributed by atoms with Gasteiger partial charge in [0.1, 0.15) is 0 Å². The largest absolute Gasteiger partial charge is 0.356 e. The van der Waals surface area contributed by atoms with Gasteiger partial charge in [0.25, 0.3) is 0 Å². The van der Waals surface area contributed by atoms with Gasteiger partial charge in [-0.25, -0.2) is 4.98 Å². The fraction of sp³-hybridized carbons (Fsp3) is 0.500. The monoisotopic (exact) mass is 336 g/mol. The molecule has 0 aliphatic heterocycles. The highest BCUT2D eigenvalue weighted by Crippen LogP contribution is 2.20. The zero-order chi connectivity index (χ0) is 15.9. The number of hydrogen-bond donors (Lipinski definition) is 2. The molecule has 0 saturated heterocycles. The van der Waals surface area contributed by atoms with Crippen LogP contribution in [-0.4, -0.2) is 24.5 Å². The van der Waals surface area contributed by atoms with Crippen molar-refractivity contribution in [2.45, 2.75) is 39.2 Å². The highest BCUT2D eigenvalue weighted by molar-refractivity contribution is 7.10. The Morgan fingerprint density at radius 1 is 1.27 bits per heavy atom. The molecule has 2 N–H and O–H groups in total. The molecule has 0 fully saturated rings. The highest BCUT2D eigenvalue weighted by Gasteiger charge is 2.09.